The summed E-state index contributed by atoms with van der Waals surface area (Å²) in [4.78, 5) is 15.7. The molecule has 0 aliphatic carbocycles. The van der Waals surface area contributed by atoms with E-state index >= 15 is 0 Å². The van der Waals surface area contributed by atoms with Crippen LogP contribution in [0.5, 0.6) is 0 Å². The summed E-state index contributed by atoms with van der Waals surface area (Å²) in [6.45, 7) is 1.70. The van der Waals surface area contributed by atoms with Crippen molar-refractivity contribution in [1.29, 1.82) is 0 Å². The number of amides is 1. The first-order valence-corrected chi connectivity index (χ1v) is 7.32. The Balaban J connectivity index is 2.16. The molecule has 1 aromatic carbocycles. The summed E-state index contributed by atoms with van der Waals surface area (Å²) >= 11 is 1.15. The molecule has 2 aromatic rings. The van der Waals surface area contributed by atoms with Crippen LogP contribution in [0.15, 0.2) is 29.6 Å². The number of nitrogens with one attached hydrogen (secondary N) is 1. The minimum atomic E-state index is -4.40. The van der Waals surface area contributed by atoms with E-state index < -0.39 is 11.7 Å². The number of nitrogens with two attached hydrogens (primary N) is 1. The van der Waals surface area contributed by atoms with Crippen molar-refractivity contribution in [2.24, 2.45) is 5.73 Å². The SMILES string of the molecule is CC(N)CC(=O)Nc1nc(-c2cccc(C(F)(F)F)c2)cs1. The molecule has 1 heterocycles. The topological polar surface area (TPSA) is 68.0 Å². The van der Waals surface area contributed by atoms with Crippen LogP contribution in [-0.2, 0) is 11.0 Å². The first kappa shape index (κ1) is 16.4. The molecule has 0 aliphatic heterocycles. The molecule has 8 heteroatoms. The lowest BCUT2D eigenvalue weighted by atomic mass is 10.1. The fourth-order valence-electron chi connectivity index (χ4n) is 1.78. The number of thiazole rings is 1. The Bertz CT molecular complexity index is 667. The molecule has 0 fully saturated rings. The van der Waals surface area contributed by atoms with Crippen molar-refractivity contribution >= 4 is 22.4 Å². The van der Waals surface area contributed by atoms with Gasteiger partial charge in [-0.2, -0.15) is 13.2 Å². The number of alkyl halides is 3. The molecule has 2 rings (SSSR count). The number of carbonyl (C=O) groups excluding carboxylic acids is 1. The van der Waals surface area contributed by atoms with Gasteiger partial charge in [-0.3, -0.25) is 4.79 Å². The molecule has 1 aromatic heterocycles. The van der Waals surface area contributed by atoms with Crippen molar-refractivity contribution in [3.05, 3.63) is 35.2 Å². The van der Waals surface area contributed by atoms with E-state index in [0.29, 0.717) is 16.4 Å². The van der Waals surface area contributed by atoms with E-state index in [1.165, 1.54) is 12.1 Å². The standard InChI is InChI=1S/C14H14F3N3OS/c1-8(18)5-12(21)20-13-19-11(7-22-13)9-3-2-4-10(6-9)14(15,16)17/h2-4,6-8H,5,18H2,1H3,(H,19,20,21). The van der Waals surface area contributed by atoms with Gasteiger partial charge in [0, 0.05) is 23.4 Å². The third kappa shape index (κ3) is 4.28. The number of carbonyl (C=O) groups is 1. The molecule has 22 heavy (non-hydrogen) atoms. The quantitative estimate of drug-likeness (QED) is 0.902. The van der Waals surface area contributed by atoms with E-state index in [0.717, 1.165) is 23.5 Å². The lowest BCUT2D eigenvalue weighted by Crippen LogP contribution is -2.23. The van der Waals surface area contributed by atoms with Crippen molar-refractivity contribution in [3.63, 3.8) is 0 Å². The number of benzene rings is 1. The zero-order valence-electron chi connectivity index (χ0n) is 11.6. The van der Waals surface area contributed by atoms with Crippen molar-refractivity contribution < 1.29 is 18.0 Å². The van der Waals surface area contributed by atoms with Crippen LogP contribution in [0, 0.1) is 0 Å². The summed E-state index contributed by atoms with van der Waals surface area (Å²) in [6.07, 6.45) is -4.25. The van der Waals surface area contributed by atoms with Gasteiger partial charge in [-0.1, -0.05) is 12.1 Å². The summed E-state index contributed by atoms with van der Waals surface area (Å²) in [6, 6.07) is 4.62. The molecule has 0 aliphatic rings. The van der Waals surface area contributed by atoms with Crippen LogP contribution in [0.1, 0.15) is 18.9 Å². The molecular weight excluding hydrogens is 315 g/mol. The average Bonchev–Trinajstić information content (AvgIpc) is 2.85. The predicted octanol–water partition coefficient (Wildman–Crippen LogP) is 3.50. The zero-order valence-corrected chi connectivity index (χ0v) is 12.5. The molecular formula is C14H14F3N3OS. The van der Waals surface area contributed by atoms with Gasteiger partial charge in [-0.25, -0.2) is 4.98 Å². The Morgan fingerprint density at radius 3 is 2.82 bits per heavy atom. The largest absolute Gasteiger partial charge is 0.416 e. The first-order valence-electron chi connectivity index (χ1n) is 6.44. The summed E-state index contributed by atoms with van der Waals surface area (Å²) in [5, 5.41) is 4.50. The molecule has 118 valence electrons. The lowest BCUT2D eigenvalue weighted by molar-refractivity contribution is -0.137. The molecule has 1 unspecified atom stereocenters. The fraction of sp³-hybridized carbons (Fsp3) is 0.286. The summed E-state index contributed by atoms with van der Waals surface area (Å²) in [5.74, 6) is -0.278. The van der Waals surface area contributed by atoms with Gasteiger partial charge in [0.05, 0.1) is 11.3 Å². The van der Waals surface area contributed by atoms with Gasteiger partial charge in [-0.15, -0.1) is 11.3 Å². The number of anilines is 1. The highest BCUT2D eigenvalue weighted by Gasteiger charge is 2.30. The predicted molar refractivity (Wildman–Crippen MR) is 79.4 cm³/mol. The van der Waals surface area contributed by atoms with Gasteiger partial charge in [0.25, 0.3) is 0 Å². The van der Waals surface area contributed by atoms with E-state index in [9.17, 15) is 18.0 Å². The second kappa shape index (κ2) is 6.45. The molecule has 0 saturated carbocycles. The van der Waals surface area contributed by atoms with E-state index in [2.05, 4.69) is 10.3 Å². The Kier molecular flexibility index (Phi) is 4.82. The normalized spacial score (nSPS) is 13.0. The van der Waals surface area contributed by atoms with Gasteiger partial charge >= 0.3 is 6.18 Å². The highest BCUT2D eigenvalue weighted by molar-refractivity contribution is 7.14. The molecule has 0 bridgehead atoms. The molecule has 1 atom stereocenters. The third-order valence-corrected chi connectivity index (χ3v) is 3.50. The summed E-state index contributed by atoms with van der Waals surface area (Å²) < 4.78 is 38.1. The summed E-state index contributed by atoms with van der Waals surface area (Å²) in [5.41, 5.74) is 5.51. The van der Waals surface area contributed by atoms with Crippen LogP contribution in [0.25, 0.3) is 11.3 Å². The maximum Gasteiger partial charge on any atom is 0.416 e. The smallest absolute Gasteiger partial charge is 0.327 e. The molecule has 0 spiro atoms. The maximum atomic E-state index is 12.7. The number of rotatable bonds is 4. The fourth-order valence-corrected chi connectivity index (χ4v) is 2.52. The van der Waals surface area contributed by atoms with Crippen LogP contribution >= 0.6 is 11.3 Å². The van der Waals surface area contributed by atoms with E-state index in [4.69, 9.17) is 5.73 Å². The van der Waals surface area contributed by atoms with Gasteiger partial charge < -0.3 is 11.1 Å². The van der Waals surface area contributed by atoms with E-state index in [-0.39, 0.29) is 18.4 Å². The minimum Gasteiger partial charge on any atom is -0.327 e. The van der Waals surface area contributed by atoms with Gasteiger partial charge in [-0.05, 0) is 19.1 Å². The number of halogens is 3. The van der Waals surface area contributed by atoms with Gasteiger partial charge in [0.15, 0.2) is 5.13 Å². The average molecular weight is 329 g/mol. The highest BCUT2D eigenvalue weighted by Crippen LogP contribution is 2.33. The monoisotopic (exact) mass is 329 g/mol. The Hall–Kier alpha value is -1.93. The molecule has 3 N–H and O–H groups in total. The minimum absolute atomic E-state index is 0.151. The second-order valence-corrected chi connectivity index (χ2v) is 5.70. The maximum absolute atomic E-state index is 12.7. The van der Waals surface area contributed by atoms with Crippen LogP contribution in [0.4, 0.5) is 18.3 Å². The molecule has 4 nitrogen and oxygen atoms in total. The number of aromatic nitrogens is 1. The number of hydrogen-bond donors (Lipinski definition) is 2. The van der Waals surface area contributed by atoms with Crippen LogP contribution in [0.3, 0.4) is 0 Å². The second-order valence-electron chi connectivity index (χ2n) is 4.85. The van der Waals surface area contributed by atoms with Gasteiger partial charge in [0.1, 0.15) is 0 Å². The van der Waals surface area contributed by atoms with E-state index in [1.54, 1.807) is 12.3 Å². The Labute approximate surface area is 129 Å². The van der Waals surface area contributed by atoms with Crippen LogP contribution in [-0.4, -0.2) is 16.9 Å². The number of nitrogens with zero attached hydrogens (tertiary/aromatic N) is 1. The van der Waals surface area contributed by atoms with Crippen molar-refractivity contribution in [2.75, 3.05) is 5.32 Å². The Morgan fingerprint density at radius 2 is 2.18 bits per heavy atom. The van der Waals surface area contributed by atoms with Crippen LogP contribution in [0.2, 0.25) is 0 Å². The molecule has 0 saturated heterocycles. The highest BCUT2D eigenvalue weighted by atomic mass is 32.1. The van der Waals surface area contributed by atoms with Crippen molar-refractivity contribution in [3.8, 4) is 11.3 Å². The van der Waals surface area contributed by atoms with Crippen molar-refractivity contribution in [1.82, 2.24) is 4.98 Å². The lowest BCUT2D eigenvalue weighted by Gasteiger charge is -2.07. The third-order valence-electron chi connectivity index (χ3n) is 2.74. The summed E-state index contributed by atoms with van der Waals surface area (Å²) in [7, 11) is 0. The Morgan fingerprint density at radius 1 is 1.45 bits per heavy atom. The first-order chi connectivity index (χ1) is 10.3. The van der Waals surface area contributed by atoms with Gasteiger partial charge in [0.2, 0.25) is 5.91 Å². The van der Waals surface area contributed by atoms with Crippen molar-refractivity contribution in [2.45, 2.75) is 25.6 Å². The van der Waals surface area contributed by atoms with Crippen LogP contribution < -0.4 is 11.1 Å². The molecule has 1 amide bonds. The van der Waals surface area contributed by atoms with E-state index in [1.807, 2.05) is 0 Å². The zero-order chi connectivity index (χ0) is 16.3. The molecule has 0 radical (unpaired) electrons. The number of hydrogen-bond acceptors (Lipinski definition) is 4.